The van der Waals surface area contributed by atoms with E-state index < -0.39 is 0 Å². The number of hydrogen-bond acceptors (Lipinski definition) is 5. The number of hydrogen-bond donors (Lipinski definition) is 0. The predicted molar refractivity (Wildman–Crippen MR) is 133 cm³/mol. The number of para-hydroxylation sites is 1. The van der Waals surface area contributed by atoms with Crippen LogP contribution in [0, 0.1) is 13.8 Å². The molecular formula is C28H28N2O4. The maximum absolute atomic E-state index is 13.5. The highest BCUT2D eigenvalue weighted by Gasteiger charge is 2.41. The van der Waals surface area contributed by atoms with Crippen LogP contribution in [-0.2, 0) is 9.59 Å². The fourth-order valence-corrected chi connectivity index (χ4v) is 4.15. The van der Waals surface area contributed by atoms with E-state index in [0.29, 0.717) is 22.6 Å². The van der Waals surface area contributed by atoms with Crippen LogP contribution in [0.1, 0.15) is 16.7 Å². The fourth-order valence-electron chi connectivity index (χ4n) is 4.15. The Labute approximate surface area is 200 Å². The zero-order valence-corrected chi connectivity index (χ0v) is 19.9. The minimum absolute atomic E-state index is 0.149. The summed E-state index contributed by atoms with van der Waals surface area (Å²) in [6.45, 7) is 4.36. The van der Waals surface area contributed by atoms with E-state index in [1.165, 1.54) is 4.90 Å². The third-order valence-corrected chi connectivity index (χ3v) is 5.78. The van der Waals surface area contributed by atoms with Gasteiger partial charge in [-0.2, -0.15) is 0 Å². The van der Waals surface area contributed by atoms with Crippen molar-refractivity contribution in [3.05, 3.63) is 95.2 Å². The van der Waals surface area contributed by atoms with E-state index >= 15 is 0 Å². The SMILES string of the molecule is COc1ccc(C2=C(N(C)c3ccccc3)C(=O)N(CCOc3cc(C)cc(C)c3)C2=O)cc1. The highest BCUT2D eigenvalue weighted by Crippen LogP contribution is 2.34. The number of nitrogens with zero attached hydrogens (tertiary/aromatic N) is 2. The number of benzene rings is 3. The Morgan fingerprint density at radius 2 is 1.47 bits per heavy atom. The lowest BCUT2D eigenvalue weighted by atomic mass is 10.0. The molecule has 174 valence electrons. The number of likely N-dealkylation sites (N-methyl/N-ethyl adjacent to an activating group) is 1. The zero-order valence-electron chi connectivity index (χ0n) is 19.9. The second-order valence-electron chi connectivity index (χ2n) is 8.28. The zero-order chi connectivity index (χ0) is 24.2. The van der Waals surface area contributed by atoms with Crippen molar-refractivity contribution in [2.24, 2.45) is 0 Å². The number of carbonyl (C=O) groups excluding carboxylic acids is 2. The molecule has 1 aliphatic heterocycles. The maximum Gasteiger partial charge on any atom is 0.278 e. The molecule has 3 aromatic carbocycles. The Morgan fingerprint density at radius 3 is 2.09 bits per heavy atom. The highest BCUT2D eigenvalue weighted by atomic mass is 16.5. The predicted octanol–water partition coefficient (Wildman–Crippen LogP) is 4.61. The smallest absolute Gasteiger partial charge is 0.278 e. The Kier molecular flexibility index (Phi) is 6.68. The maximum atomic E-state index is 13.5. The summed E-state index contributed by atoms with van der Waals surface area (Å²) in [6.07, 6.45) is 0. The van der Waals surface area contributed by atoms with Crippen molar-refractivity contribution < 1.29 is 19.1 Å². The topological polar surface area (TPSA) is 59.1 Å². The Bertz CT molecular complexity index is 1210. The minimum atomic E-state index is -0.341. The first-order chi connectivity index (χ1) is 16.4. The van der Waals surface area contributed by atoms with Crippen LogP contribution in [0.15, 0.2) is 78.5 Å². The molecule has 1 heterocycles. The average molecular weight is 457 g/mol. The van der Waals surface area contributed by atoms with Gasteiger partial charge in [0.05, 0.1) is 19.2 Å². The summed E-state index contributed by atoms with van der Waals surface area (Å²) < 4.78 is 11.1. The van der Waals surface area contributed by atoms with Crippen molar-refractivity contribution in [2.75, 3.05) is 32.2 Å². The van der Waals surface area contributed by atoms with Crippen LogP contribution in [-0.4, -0.2) is 44.0 Å². The first-order valence-corrected chi connectivity index (χ1v) is 11.1. The van der Waals surface area contributed by atoms with Crippen LogP contribution in [0.4, 0.5) is 5.69 Å². The molecule has 0 fully saturated rings. The largest absolute Gasteiger partial charge is 0.497 e. The van der Waals surface area contributed by atoms with Crippen molar-refractivity contribution in [1.29, 1.82) is 0 Å². The molecule has 0 N–H and O–H groups in total. The second-order valence-corrected chi connectivity index (χ2v) is 8.28. The number of imide groups is 1. The number of amides is 2. The van der Waals surface area contributed by atoms with Gasteiger partial charge in [0.25, 0.3) is 11.8 Å². The molecule has 0 aliphatic carbocycles. The van der Waals surface area contributed by atoms with E-state index in [9.17, 15) is 9.59 Å². The van der Waals surface area contributed by atoms with Gasteiger partial charge in [-0.15, -0.1) is 0 Å². The van der Waals surface area contributed by atoms with Crippen LogP contribution in [0.3, 0.4) is 0 Å². The Morgan fingerprint density at radius 1 is 0.824 bits per heavy atom. The van der Waals surface area contributed by atoms with Gasteiger partial charge in [0.1, 0.15) is 23.8 Å². The standard InChI is InChI=1S/C28H28N2O4/c1-19-16-20(2)18-24(17-19)34-15-14-30-27(31)25(21-10-12-23(33-4)13-11-21)26(28(30)32)29(3)22-8-6-5-7-9-22/h5-13,16-18H,14-15H2,1-4H3. The molecule has 34 heavy (non-hydrogen) atoms. The van der Waals surface area contributed by atoms with Gasteiger partial charge in [-0.3, -0.25) is 14.5 Å². The van der Waals surface area contributed by atoms with Gasteiger partial charge in [-0.25, -0.2) is 0 Å². The molecule has 4 rings (SSSR count). The molecule has 2 amide bonds. The van der Waals surface area contributed by atoms with E-state index in [4.69, 9.17) is 9.47 Å². The number of carbonyl (C=O) groups is 2. The molecule has 0 saturated carbocycles. The van der Waals surface area contributed by atoms with E-state index in [1.807, 2.05) is 56.3 Å². The lowest BCUT2D eigenvalue weighted by Gasteiger charge is -2.21. The third kappa shape index (κ3) is 4.66. The van der Waals surface area contributed by atoms with Crippen LogP contribution in [0.2, 0.25) is 0 Å². The van der Waals surface area contributed by atoms with E-state index in [1.54, 1.807) is 43.3 Å². The van der Waals surface area contributed by atoms with Gasteiger partial charge in [0.15, 0.2) is 0 Å². The molecule has 3 aromatic rings. The Hall–Kier alpha value is -4.06. The summed E-state index contributed by atoms with van der Waals surface area (Å²) in [7, 11) is 3.39. The van der Waals surface area contributed by atoms with E-state index in [2.05, 4.69) is 6.07 Å². The molecule has 0 aromatic heterocycles. The number of ether oxygens (including phenoxy) is 2. The van der Waals surface area contributed by atoms with Gasteiger partial charge in [-0.05, 0) is 66.9 Å². The fraction of sp³-hybridized carbons (Fsp3) is 0.214. The van der Waals surface area contributed by atoms with Gasteiger partial charge >= 0.3 is 0 Å². The average Bonchev–Trinajstić information content (AvgIpc) is 3.08. The molecular weight excluding hydrogens is 428 g/mol. The van der Waals surface area contributed by atoms with Gasteiger partial charge in [0.2, 0.25) is 0 Å². The molecule has 0 saturated heterocycles. The molecule has 0 spiro atoms. The minimum Gasteiger partial charge on any atom is -0.497 e. The summed E-state index contributed by atoms with van der Waals surface area (Å²) in [5.74, 6) is 0.725. The summed E-state index contributed by atoms with van der Waals surface area (Å²) in [5.41, 5.74) is 4.38. The first kappa shape index (κ1) is 23.1. The Balaban J connectivity index is 1.62. The van der Waals surface area contributed by atoms with Crippen molar-refractivity contribution >= 4 is 23.1 Å². The molecule has 0 atom stereocenters. The highest BCUT2D eigenvalue weighted by molar-refractivity contribution is 6.36. The van der Waals surface area contributed by atoms with Crippen molar-refractivity contribution in [3.8, 4) is 11.5 Å². The third-order valence-electron chi connectivity index (χ3n) is 5.78. The molecule has 0 bridgehead atoms. The first-order valence-electron chi connectivity index (χ1n) is 11.1. The molecule has 6 nitrogen and oxygen atoms in total. The van der Waals surface area contributed by atoms with Gasteiger partial charge in [-0.1, -0.05) is 36.4 Å². The molecule has 6 heteroatoms. The van der Waals surface area contributed by atoms with Crippen LogP contribution < -0.4 is 14.4 Å². The monoisotopic (exact) mass is 456 g/mol. The summed E-state index contributed by atoms with van der Waals surface area (Å²) in [4.78, 5) is 30.0. The molecule has 0 unspecified atom stereocenters. The van der Waals surface area contributed by atoms with E-state index in [-0.39, 0.29) is 25.0 Å². The lowest BCUT2D eigenvalue weighted by molar-refractivity contribution is -0.137. The molecule has 1 aliphatic rings. The van der Waals surface area contributed by atoms with Crippen molar-refractivity contribution in [3.63, 3.8) is 0 Å². The van der Waals surface area contributed by atoms with E-state index in [0.717, 1.165) is 22.6 Å². The normalized spacial score (nSPS) is 13.5. The second kappa shape index (κ2) is 9.83. The van der Waals surface area contributed by atoms with Crippen molar-refractivity contribution in [2.45, 2.75) is 13.8 Å². The number of methoxy groups -OCH3 is 1. The number of rotatable bonds is 8. The van der Waals surface area contributed by atoms with Crippen LogP contribution >= 0.6 is 0 Å². The van der Waals surface area contributed by atoms with Crippen molar-refractivity contribution in [1.82, 2.24) is 4.90 Å². The summed E-state index contributed by atoms with van der Waals surface area (Å²) in [5, 5.41) is 0. The quantitative estimate of drug-likeness (QED) is 0.464. The van der Waals surface area contributed by atoms with Crippen LogP contribution in [0.5, 0.6) is 11.5 Å². The van der Waals surface area contributed by atoms with Gasteiger partial charge < -0.3 is 14.4 Å². The number of anilines is 1. The summed E-state index contributed by atoms with van der Waals surface area (Å²) in [6, 6.07) is 22.6. The van der Waals surface area contributed by atoms with Gasteiger partial charge in [0, 0.05) is 12.7 Å². The molecule has 0 radical (unpaired) electrons. The van der Waals surface area contributed by atoms with Crippen LogP contribution in [0.25, 0.3) is 5.57 Å². The lowest BCUT2D eigenvalue weighted by Crippen LogP contribution is -2.37. The number of aryl methyl sites for hydroxylation is 2. The summed E-state index contributed by atoms with van der Waals surface area (Å²) >= 11 is 0.